The van der Waals surface area contributed by atoms with Crippen molar-refractivity contribution in [3.05, 3.63) is 27.9 Å². The molecular weight excluding hydrogens is 350 g/mol. The average Bonchev–Trinajstić information content (AvgIpc) is 3.03. The Hall–Kier alpha value is -2.26. The van der Waals surface area contributed by atoms with Crippen LogP contribution in [-0.2, 0) is 20.7 Å². The van der Waals surface area contributed by atoms with Crippen LogP contribution >= 0.6 is 22.7 Å². The Morgan fingerprint density at radius 3 is 2.83 bits per heavy atom. The van der Waals surface area contributed by atoms with Crippen molar-refractivity contribution in [1.29, 1.82) is 0 Å². The first-order valence-corrected chi connectivity index (χ1v) is 9.15. The van der Waals surface area contributed by atoms with E-state index in [0.717, 1.165) is 23.4 Å². The highest BCUT2D eigenvalue weighted by Gasteiger charge is 2.24. The maximum absolute atomic E-state index is 11.8. The minimum atomic E-state index is -0.654. The van der Waals surface area contributed by atoms with E-state index >= 15 is 0 Å². The highest BCUT2D eigenvalue weighted by molar-refractivity contribution is 7.14. The first kappa shape index (κ1) is 16.6. The Morgan fingerprint density at radius 2 is 2.12 bits per heavy atom. The number of carbonyl (C=O) groups is 3. The lowest BCUT2D eigenvalue weighted by atomic mass is 10.3. The summed E-state index contributed by atoms with van der Waals surface area (Å²) in [5.41, 5.74) is 1.61. The van der Waals surface area contributed by atoms with Crippen molar-refractivity contribution < 1.29 is 19.1 Å². The fourth-order valence-corrected chi connectivity index (χ4v) is 3.40. The third-order valence-electron chi connectivity index (χ3n) is 3.18. The Balaban J connectivity index is 1.40. The first-order chi connectivity index (χ1) is 11.6. The number of nitrogens with zero attached hydrogens (tertiary/aromatic N) is 1. The number of amides is 3. The van der Waals surface area contributed by atoms with Crippen LogP contribution in [0.4, 0.5) is 4.79 Å². The van der Waals surface area contributed by atoms with Gasteiger partial charge in [0.15, 0.2) is 6.61 Å². The zero-order valence-corrected chi connectivity index (χ0v) is 14.2. The Morgan fingerprint density at radius 1 is 1.29 bits per heavy atom. The smallest absolute Gasteiger partial charge is 0.321 e. The molecule has 9 heteroatoms. The number of hydrogen-bond acceptors (Lipinski definition) is 7. The average molecular weight is 365 g/mol. The predicted octanol–water partition coefficient (Wildman–Crippen LogP) is 1.95. The molecule has 3 amide bonds. The van der Waals surface area contributed by atoms with Crippen molar-refractivity contribution in [3.63, 3.8) is 0 Å². The van der Waals surface area contributed by atoms with Gasteiger partial charge < -0.3 is 10.1 Å². The zero-order valence-electron chi connectivity index (χ0n) is 12.6. The van der Waals surface area contributed by atoms with Gasteiger partial charge in [-0.1, -0.05) is 0 Å². The molecule has 2 N–H and O–H groups in total. The largest absolute Gasteiger partial charge is 0.455 e. The number of carbonyl (C=O) groups excluding carboxylic acids is 3. The van der Waals surface area contributed by atoms with Crippen molar-refractivity contribution in [3.8, 4) is 10.6 Å². The van der Waals surface area contributed by atoms with Crippen LogP contribution in [0.15, 0.2) is 22.2 Å². The van der Waals surface area contributed by atoms with Crippen molar-refractivity contribution >= 4 is 40.6 Å². The van der Waals surface area contributed by atoms with Gasteiger partial charge in [0.25, 0.3) is 5.91 Å². The molecule has 0 bridgehead atoms. The Kier molecular flexibility index (Phi) is 5.21. The number of urea groups is 1. The summed E-state index contributed by atoms with van der Waals surface area (Å²) in [7, 11) is 0. The summed E-state index contributed by atoms with van der Waals surface area (Å²) in [4.78, 5) is 39.0. The maximum atomic E-state index is 11.8. The number of nitrogens with one attached hydrogen (secondary N) is 2. The molecule has 0 saturated heterocycles. The monoisotopic (exact) mass is 365 g/mol. The van der Waals surface area contributed by atoms with Crippen molar-refractivity contribution in [2.75, 3.05) is 6.61 Å². The van der Waals surface area contributed by atoms with Gasteiger partial charge in [-0.05, 0) is 24.3 Å². The number of thiophene rings is 1. The number of aromatic nitrogens is 1. The van der Waals surface area contributed by atoms with Gasteiger partial charge in [0.2, 0.25) is 0 Å². The summed E-state index contributed by atoms with van der Waals surface area (Å²) < 4.78 is 4.86. The standard InChI is InChI=1S/C15H15N3O4S2/c19-12(18-15(21)17-10-1-2-10)6-22-13(20)5-11-8-24-14(16-11)9-3-4-23-7-9/h3-4,7-8,10H,1-2,5-6H2,(H2,17,18,19,21). The summed E-state index contributed by atoms with van der Waals surface area (Å²) in [5.74, 6) is -1.21. The van der Waals surface area contributed by atoms with E-state index in [1.807, 2.05) is 16.8 Å². The minimum Gasteiger partial charge on any atom is -0.455 e. The quantitative estimate of drug-likeness (QED) is 0.763. The van der Waals surface area contributed by atoms with Crippen LogP contribution < -0.4 is 10.6 Å². The molecule has 1 aliphatic carbocycles. The highest BCUT2D eigenvalue weighted by atomic mass is 32.1. The molecule has 2 aromatic heterocycles. The molecule has 126 valence electrons. The van der Waals surface area contributed by atoms with E-state index < -0.39 is 24.5 Å². The topological polar surface area (TPSA) is 97.4 Å². The van der Waals surface area contributed by atoms with E-state index in [1.54, 1.807) is 16.7 Å². The zero-order chi connectivity index (χ0) is 16.9. The van der Waals surface area contributed by atoms with E-state index in [9.17, 15) is 14.4 Å². The van der Waals surface area contributed by atoms with E-state index in [2.05, 4.69) is 15.6 Å². The maximum Gasteiger partial charge on any atom is 0.321 e. The van der Waals surface area contributed by atoms with E-state index in [1.165, 1.54) is 11.3 Å². The molecule has 2 heterocycles. The van der Waals surface area contributed by atoms with Crippen molar-refractivity contribution in [1.82, 2.24) is 15.6 Å². The van der Waals surface area contributed by atoms with Gasteiger partial charge >= 0.3 is 12.0 Å². The summed E-state index contributed by atoms with van der Waals surface area (Å²) in [5, 5.41) is 11.3. The molecule has 7 nitrogen and oxygen atoms in total. The minimum absolute atomic E-state index is 0.0117. The second-order valence-corrected chi connectivity index (χ2v) is 6.93. The van der Waals surface area contributed by atoms with Crippen molar-refractivity contribution in [2.45, 2.75) is 25.3 Å². The third-order valence-corrected chi connectivity index (χ3v) is 4.80. The third kappa shape index (κ3) is 4.87. The van der Waals surface area contributed by atoms with Crippen molar-refractivity contribution in [2.24, 2.45) is 0 Å². The highest BCUT2D eigenvalue weighted by Crippen LogP contribution is 2.25. The SMILES string of the molecule is O=C(COC(=O)Cc1csc(-c2ccsc2)n1)NC(=O)NC1CC1. The number of hydrogen-bond donors (Lipinski definition) is 2. The van der Waals surface area contributed by atoms with Gasteiger partial charge in [-0.15, -0.1) is 11.3 Å². The second kappa shape index (κ2) is 7.54. The number of thiazole rings is 1. The van der Waals surface area contributed by atoms with Gasteiger partial charge in [-0.25, -0.2) is 9.78 Å². The Labute approximate surface area is 146 Å². The number of rotatable bonds is 6. The van der Waals surface area contributed by atoms with Crippen LogP contribution in [0, 0.1) is 0 Å². The number of esters is 1. The molecule has 1 fully saturated rings. The van der Waals surface area contributed by atoms with Crippen LogP contribution in [0.3, 0.4) is 0 Å². The predicted molar refractivity (Wildman–Crippen MR) is 89.8 cm³/mol. The van der Waals surface area contributed by atoms with Gasteiger partial charge in [-0.2, -0.15) is 11.3 Å². The lowest BCUT2D eigenvalue weighted by Gasteiger charge is -2.06. The van der Waals surface area contributed by atoms with E-state index in [4.69, 9.17) is 4.74 Å². The van der Waals surface area contributed by atoms with Crippen LogP contribution in [0.1, 0.15) is 18.5 Å². The lowest BCUT2D eigenvalue weighted by Crippen LogP contribution is -2.42. The summed E-state index contributed by atoms with van der Waals surface area (Å²) in [6.45, 7) is -0.488. The molecule has 24 heavy (non-hydrogen) atoms. The molecule has 0 radical (unpaired) electrons. The summed E-state index contributed by atoms with van der Waals surface area (Å²) in [6.07, 6.45) is 1.84. The Bertz CT molecular complexity index is 738. The van der Waals surface area contributed by atoms with E-state index in [0.29, 0.717) is 5.69 Å². The fraction of sp³-hybridized carbons (Fsp3) is 0.333. The second-order valence-electron chi connectivity index (χ2n) is 5.29. The molecule has 1 aliphatic rings. The molecule has 0 unspecified atom stereocenters. The van der Waals surface area contributed by atoms with Gasteiger partial charge in [0.1, 0.15) is 5.01 Å². The van der Waals surface area contributed by atoms with Crippen LogP contribution in [0.2, 0.25) is 0 Å². The molecule has 0 atom stereocenters. The molecule has 0 spiro atoms. The molecule has 0 aliphatic heterocycles. The van der Waals surface area contributed by atoms with Gasteiger partial charge in [0.05, 0.1) is 12.1 Å². The molecule has 3 rings (SSSR count). The van der Waals surface area contributed by atoms with E-state index in [-0.39, 0.29) is 12.5 Å². The van der Waals surface area contributed by atoms with Crippen LogP contribution in [0.5, 0.6) is 0 Å². The summed E-state index contributed by atoms with van der Waals surface area (Å²) in [6, 6.07) is 1.56. The molecular formula is C15H15N3O4S2. The summed E-state index contributed by atoms with van der Waals surface area (Å²) >= 11 is 3.03. The number of ether oxygens (including phenoxy) is 1. The molecule has 1 saturated carbocycles. The van der Waals surface area contributed by atoms with Gasteiger partial charge in [-0.3, -0.25) is 14.9 Å². The number of imide groups is 1. The molecule has 0 aromatic carbocycles. The lowest BCUT2D eigenvalue weighted by molar-refractivity contribution is -0.147. The van der Waals surface area contributed by atoms with Crippen LogP contribution in [0.25, 0.3) is 10.6 Å². The van der Waals surface area contributed by atoms with Crippen LogP contribution in [-0.4, -0.2) is 35.5 Å². The van der Waals surface area contributed by atoms with Gasteiger partial charge in [0, 0.05) is 22.4 Å². The first-order valence-electron chi connectivity index (χ1n) is 7.33. The molecule has 2 aromatic rings. The fourth-order valence-electron chi connectivity index (χ4n) is 1.86. The normalized spacial score (nSPS) is 13.3.